The van der Waals surface area contributed by atoms with Crippen molar-refractivity contribution in [3.05, 3.63) is 52.8 Å². The van der Waals surface area contributed by atoms with Crippen LogP contribution in [-0.2, 0) is 0 Å². The Morgan fingerprint density at radius 3 is 2.78 bits per heavy atom. The van der Waals surface area contributed by atoms with Crippen LogP contribution in [0.4, 0.5) is 0 Å². The number of aryl methyl sites for hydroxylation is 1. The van der Waals surface area contributed by atoms with Gasteiger partial charge < -0.3 is 9.84 Å². The lowest BCUT2D eigenvalue weighted by atomic mass is 10.2. The van der Waals surface area contributed by atoms with Crippen LogP contribution < -0.4 is 4.74 Å². The van der Waals surface area contributed by atoms with E-state index in [0.717, 1.165) is 5.56 Å². The molecule has 0 amide bonds. The molecule has 2 rings (SSSR count). The first-order valence-electron chi connectivity index (χ1n) is 5.19. The van der Waals surface area contributed by atoms with E-state index >= 15 is 0 Å². The maximum Gasteiger partial charge on any atom is 0.354 e. The summed E-state index contributed by atoms with van der Waals surface area (Å²) < 4.78 is 5.59. The Kier molecular flexibility index (Phi) is 3.48. The summed E-state index contributed by atoms with van der Waals surface area (Å²) in [6.45, 7) is 1.86. The lowest BCUT2D eigenvalue weighted by molar-refractivity contribution is 0.0690. The molecule has 0 aliphatic heterocycles. The van der Waals surface area contributed by atoms with Gasteiger partial charge in [0.15, 0.2) is 5.69 Å². The summed E-state index contributed by atoms with van der Waals surface area (Å²) in [5, 5.41) is 9.46. The summed E-state index contributed by atoms with van der Waals surface area (Å²) >= 11 is 5.84. The van der Waals surface area contributed by atoms with Gasteiger partial charge in [0.2, 0.25) is 0 Å². The van der Waals surface area contributed by atoms with Gasteiger partial charge in [-0.15, -0.1) is 0 Å². The Hall–Kier alpha value is -2.07. The highest BCUT2D eigenvalue weighted by molar-refractivity contribution is 6.30. The second-order valence-corrected chi connectivity index (χ2v) is 4.13. The van der Waals surface area contributed by atoms with Crippen LogP contribution in [-0.4, -0.2) is 16.1 Å². The number of hydrogen-bond donors (Lipinski definition) is 1. The SMILES string of the molecule is Cc1cc(Cl)ccc1Oc1ccnc(C(=O)O)c1. The highest BCUT2D eigenvalue weighted by atomic mass is 35.5. The standard InChI is InChI=1S/C13H10ClNO3/c1-8-6-9(14)2-3-12(8)18-10-4-5-15-11(7-10)13(16)17/h2-7H,1H3,(H,16,17). The van der Waals surface area contributed by atoms with Crippen molar-refractivity contribution in [2.75, 3.05) is 0 Å². The predicted molar refractivity (Wildman–Crippen MR) is 67.5 cm³/mol. The number of ether oxygens (including phenoxy) is 1. The number of hydrogen-bond acceptors (Lipinski definition) is 3. The molecule has 1 aromatic carbocycles. The van der Waals surface area contributed by atoms with Gasteiger partial charge in [-0.1, -0.05) is 11.6 Å². The van der Waals surface area contributed by atoms with Crippen molar-refractivity contribution < 1.29 is 14.6 Å². The van der Waals surface area contributed by atoms with Crippen molar-refractivity contribution in [1.29, 1.82) is 0 Å². The van der Waals surface area contributed by atoms with Gasteiger partial charge in [0.05, 0.1) is 0 Å². The Morgan fingerprint density at radius 1 is 1.33 bits per heavy atom. The fraction of sp³-hybridized carbons (Fsp3) is 0.0769. The van der Waals surface area contributed by atoms with E-state index in [0.29, 0.717) is 16.5 Å². The Labute approximate surface area is 109 Å². The van der Waals surface area contributed by atoms with Crippen molar-refractivity contribution >= 4 is 17.6 Å². The maximum atomic E-state index is 10.8. The zero-order chi connectivity index (χ0) is 13.1. The molecule has 0 saturated carbocycles. The van der Waals surface area contributed by atoms with Crippen molar-refractivity contribution in [2.45, 2.75) is 6.92 Å². The minimum atomic E-state index is -1.09. The number of carboxylic acids is 1. The van der Waals surface area contributed by atoms with Crippen LogP contribution in [0, 0.1) is 6.92 Å². The van der Waals surface area contributed by atoms with E-state index in [-0.39, 0.29) is 5.69 Å². The highest BCUT2D eigenvalue weighted by Gasteiger charge is 2.07. The minimum absolute atomic E-state index is 0.0564. The van der Waals surface area contributed by atoms with Crippen molar-refractivity contribution in [3.63, 3.8) is 0 Å². The third-order valence-corrected chi connectivity index (χ3v) is 2.55. The van der Waals surface area contributed by atoms with Gasteiger partial charge in [-0.3, -0.25) is 0 Å². The average Bonchev–Trinajstić information content (AvgIpc) is 2.33. The molecule has 0 fully saturated rings. The molecule has 0 atom stereocenters. The number of benzene rings is 1. The molecule has 0 aliphatic carbocycles. The average molecular weight is 264 g/mol. The largest absolute Gasteiger partial charge is 0.477 e. The molecule has 0 radical (unpaired) electrons. The van der Waals surface area contributed by atoms with Gasteiger partial charge in [0.25, 0.3) is 0 Å². The lowest BCUT2D eigenvalue weighted by Gasteiger charge is -2.09. The molecule has 92 valence electrons. The van der Waals surface area contributed by atoms with Gasteiger partial charge in [0, 0.05) is 17.3 Å². The van der Waals surface area contributed by atoms with Crippen LogP contribution in [0.3, 0.4) is 0 Å². The quantitative estimate of drug-likeness (QED) is 0.920. The number of carboxylic acid groups (broad SMARTS) is 1. The lowest BCUT2D eigenvalue weighted by Crippen LogP contribution is -1.99. The summed E-state index contributed by atoms with van der Waals surface area (Å²) in [6, 6.07) is 8.19. The smallest absolute Gasteiger partial charge is 0.354 e. The Bertz CT molecular complexity index is 599. The first kappa shape index (κ1) is 12.4. The molecule has 0 saturated heterocycles. The van der Waals surface area contributed by atoms with Crippen LogP contribution in [0.15, 0.2) is 36.5 Å². The normalized spacial score (nSPS) is 10.1. The molecule has 1 heterocycles. The number of nitrogens with zero attached hydrogens (tertiary/aromatic N) is 1. The molecule has 0 bridgehead atoms. The molecule has 1 aromatic heterocycles. The highest BCUT2D eigenvalue weighted by Crippen LogP contribution is 2.27. The predicted octanol–water partition coefficient (Wildman–Crippen LogP) is 3.53. The van der Waals surface area contributed by atoms with Crippen molar-refractivity contribution in [3.8, 4) is 11.5 Å². The van der Waals surface area contributed by atoms with Crippen molar-refractivity contribution in [1.82, 2.24) is 4.98 Å². The molecular formula is C13H10ClNO3. The van der Waals surface area contributed by atoms with Gasteiger partial charge in [-0.05, 0) is 36.8 Å². The molecular weight excluding hydrogens is 254 g/mol. The van der Waals surface area contributed by atoms with Crippen LogP contribution in [0.5, 0.6) is 11.5 Å². The summed E-state index contributed by atoms with van der Waals surface area (Å²) in [7, 11) is 0. The van der Waals surface area contributed by atoms with E-state index in [1.165, 1.54) is 12.3 Å². The number of carbonyl (C=O) groups is 1. The van der Waals surface area contributed by atoms with Crippen LogP contribution in [0.1, 0.15) is 16.1 Å². The van der Waals surface area contributed by atoms with E-state index < -0.39 is 5.97 Å². The number of halogens is 1. The fourth-order valence-corrected chi connectivity index (χ4v) is 1.67. The van der Waals surface area contributed by atoms with E-state index in [9.17, 15) is 4.79 Å². The number of pyridine rings is 1. The molecule has 0 aliphatic rings. The third kappa shape index (κ3) is 2.78. The van der Waals surface area contributed by atoms with E-state index in [2.05, 4.69) is 4.98 Å². The second kappa shape index (κ2) is 5.06. The van der Waals surface area contributed by atoms with E-state index in [1.807, 2.05) is 6.92 Å². The van der Waals surface area contributed by atoms with Crippen LogP contribution in [0.2, 0.25) is 5.02 Å². The molecule has 2 aromatic rings. The zero-order valence-electron chi connectivity index (χ0n) is 9.55. The van der Waals surface area contributed by atoms with Gasteiger partial charge >= 0.3 is 5.97 Å². The number of aromatic nitrogens is 1. The van der Waals surface area contributed by atoms with Crippen LogP contribution in [0.25, 0.3) is 0 Å². The second-order valence-electron chi connectivity index (χ2n) is 3.69. The summed E-state index contributed by atoms with van der Waals surface area (Å²) in [5.41, 5.74) is 0.815. The fourth-order valence-electron chi connectivity index (χ4n) is 1.45. The Balaban J connectivity index is 2.28. The van der Waals surface area contributed by atoms with Crippen molar-refractivity contribution in [2.24, 2.45) is 0 Å². The van der Waals surface area contributed by atoms with Gasteiger partial charge in [-0.25, -0.2) is 9.78 Å². The molecule has 0 spiro atoms. The number of aromatic carboxylic acids is 1. The molecule has 18 heavy (non-hydrogen) atoms. The first-order valence-corrected chi connectivity index (χ1v) is 5.57. The monoisotopic (exact) mass is 263 g/mol. The summed E-state index contributed by atoms with van der Waals surface area (Å²) in [5.74, 6) is -0.0389. The topological polar surface area (TPSA) is 59.4 Å². The van der Waals surface area contributed by atoms with E-state index in [1.54, 1.807) is 24.3 Å². The molecule has 1 N–H and O–H groups in total. The first-order chi connectivity index (χ1) is 8.56. The van der Waals surface area contributed by atoms with Gasteiger partial charge in [-0.2, -0.15) is 0 Å². The molecule has 5 heteroatoms. The van der Waals surface area contributed by atoms with E-state index in [4.69, 9.17) is 21.4 Å². The maximum absolute atomic E-state index is 10.8. The Morgan fingerprint density at radius 2 is 2.11 bits per heavy atom. The molecule has 0 unspecified atom stereocenters. The van der Waals surface area contributed by atoms with Gasteiger partial charge in [0.1, 0.15) is 11.5 Å². The third-order valence-electron chi connectivity index (χ3n) is 2.32. The summed E-state index contributed by atoms with van der Waals surface area (Å²) in [4.78, 5) is 14.5. The minimum Gasteiger partial charge on any atom is -0.477 e. The molecule has 4 nitrogen and oxygen atoms in total. The summed E-state index contributed by atoms with van der Waals surface area (Å²) in [6.07, 6.45) is 1.39. The number of rotatable bonds is 3. The van der Waals surface area contributed by atoms with Crippen LogP contribution >= 0.6 is 11.6 Å². The zero-order valence-corrected chi connectivity index (χ0v) is 10.3.